The van der Waals surface area contributed by atoms with Crippen LogP contribution in [0.4, 0.5) is 0 Å². The van der Waals surface area contributed by atoms with Gasteiger partial charge < -0.3 is 10.2 Å². The third-order valence-electron chi connectivity index (χ3n) is 8.45. The summed E-state index contributed by atoms with van der Waals surface area (Å²) in [7, 11) is 0. The fourth-order valence-electron chi connectivity index (χ4n) is 6.68. The smallest absolute Gasteiger partial charge is 0.0842 e. The normalized spacial score (nSPS) is 39.3. The van der Waals surface area contributed by atoms with Gasteiger partial charge >= 0.3 is 0 Å². The van der Waals surface area contributed by atoms with Gasteiger partial charge in [-0.1, -0.05) is 71.3 Å². The van der Waals surface area contributed by atoms with Gasteiger partial charge in [0.1, 0.15) is 0 Å². The average molecular weight is 401 g/mol. The van der Waals surface area contributed by atoms with Crippen LogP contribution in [-0.4, -0.2) is 22.4 Å². The molecule has 3 fully saturated rings. The van der Waals surface area contributed by atoms with Gasteiger partial charge in [-0.3, -0.25) is 0 Å². The van der Waals surface area contributed by atoms with Crippen LogP contribution in [0.1, 0.15) is 91.9 Å². The number of aliphatic hydroxyl groups excluding tert-OH is 2. The van der Waals surface area contributed by atoms with Crippen molar-refractivity contribution in [3.63, 3.8) is 0 Å². The molecule has 3 aliphatic carbocycles. The van der Waals surface area contributed by atoms with Crippen molar-refractivity contribution in [1.29, 1.82) is 0 Å². The van der Waals surface area contributed by atoms with Crippen molar-refractivity contribution in [2.75, 3.05) is 0 Å². The molecule has 2 nitrogen and oxygen atoms in total. The van der Waals surface area contributed by atoms with Crippen molar-refractivity contribution in [3.05, 3.63) is 35.5 Å². The SMILES string of the molecule is C=C1C[C@H](O)[C@H](O)C/C1=C/C=C1\CCC[C@]2(C)[C@@H]([C@H](C)CCCC(C)C)CC[C@@H]12. The van der Waals surface area contributed by atoms with Crippen molar-refractivity contribution < 1.29 is 10.2 Å². The van der Waals surface area contributed by atoms with Gasteiger partial charge in [-0.05, 0) is 72.3 Å². The van der Waals surface area contributed by atoms with Crippen molar-refractivity contribution in [2.45, 2.75) is 104 Å². The zero-order valence-corrected chi connectivity index (χ0v) is 19.3. The van der Waals surface area contributed by atoms with Crippen LogP contribution in [-0.2, 0) is 0 Å². The van der Waals surface area contributed by atoms with E-state index in [2.05, 4.69) is 46.4 Å². The van der Waals surface area contributed by atoms with E-state index in [9.17, 15) is 10.2 Å². The summed E-state index contributed by atoms with van der Waals surface area (Å²) < 4.78 is 0. The molecular formula is C27H44O2. The summed E-state index contributed by atoms with van der Waals surface area (Å²) in [4.78, 5) is 0. The molecule has 0 aromatic rings. The topological polar surface area (TPSA) is 40.5 Å². The van der Waals surface area contributed by atoms with E-state index >= 15 is 0 Å². The van der Waals surface area contributed by atoms with Gasteiger partial charge in [-0.25, -0.2) is 0 Å². The van der Waals surface area contributed by atoms with Gasteiger partial charge in [0.25, 0.3) is 0 Å². The monoisotopic (exact) mass is 400 g/mol. The highest BCUT2D eigenvalue weighted by molar-refractivity contribution is 5.37. The summed E-state index contributed by atoms with van der Waals surface area (Å²) in [5, 5.41) is 19.9. The maximum absolute atomic E-state index is 10.0. The molecule has 2 N–H and O–H groups in total. The van der Waals surface area contributed by atoms with Gasteiger partial charge in [0.15, 0.2) is 0 Å². The molecule has 0 saturated heterocycles. The molecule has 0 radical (unpaired) electrons. The first-order valence-electron chi connectivity index (χ1n) is 12.2. The Kier molecular flexibility index (Phi) is 7.49. The lowest BCUT2D eigenvalue weighted by molar-refractivity contribution is 0.0138. The Labute approximate surface area is 179 Å². The predicted octanol–water partition coefficient (Wildman–Crippen LogP) is 6.59. The number of hydrogen-bond donors (Lipinski definition) is 2. The van der Waals surface area contributed by atoms with E-state index in [1.165, 1.54) is 51.4 Å². The number of rotatable bonds is 6. The molecule has 3 rings (SSSR count). The predicted molar refractivity (Wildman–Crippen MR) is 123 cm³/mol. The molecule has 3 aliphatic rings. The van der Waals surface area contributed by atoms with Crippen LogP contribution in [0.2, 0.25) is 0 Å². The van der Waals surface area contributed by atoms with Crippen molar-refractivity contribution in [1.82, 2.24) is 0 Å². The largest absolute Gasteiger partial charge is 0.390 e. The molecule has 3 saturated carbocycles. The Morgan fingerprint density at radius 2 is 1.79 bits per heavy atom. The van der Waals surface area contributed by atoms with Crippen LogP contribution < -0.4 is 0 Å². The summed E-state index contributed by atoms with van der Waals surface area (Å²) >= 11 is 0. The van der Waals surface area contributed by atoms with Gasteiger partial charge in [-0.15, -0.1) is 0 Å². The van der Waals surface area contributed by atoms with Crippen LogP contribution in [0.3, 0.4) is 0 Å². The Balaban J connectivity index is 1.70. The molecule has 0 spiro atoms. The Morgan fingerprint density at radius 1 is 1.07 bits per heavy atom. The minimum atomic E-state index is -0.655. The lowest BCUT2D eigenvalue weighted by atomic mass is 9.60. The Hall–Kier alpha value is -0.860. The average Bonchev–Trinajstić information content (AvgIpc) is 3.01. The summed E-state index contributed by atoms with van der Waals surface area (Å²) in [5.41, 5.74) is 4.19. The molecule has 0 bridgehead atoms. The number of aliphatic hydroxyl groups is 2. The summed E-state index contributed by atoms with van der Waals surface area (Å²) in [6.07, 6.45) is 15.0. The Morgan fingerprint density at radius 3 is 2.52 bits per heavy atom. The van der Waals surface area contributed by atoms with E-state index in [1.54, 1.807) is 5.57 Å². The minimum Gasteiger partial charge on any atom is -0.390 e. The summed E-state index contributed by atoms with van der Waals surface area (Å²) in [5.74, 6) is 3.23. The molecule has 0 amide bonds. The van der Waals surface area contributed by atoms with Crippen LogP contribution in [0.5, 0.6) is 0 Å². The van der Waals surface area contributed by atoms with Crippen molar-refractivity contribution >= 4 is 0 Å². The van der Waals surface area contributed by atoms with E-state index in [0.29, 0.717) is 18.3 Å². The standard InChI is InChI=1S/C27H44O2/c1-18(2)8-6-9-19(3)23-13-14-24-21(10-7-15-27(23,24)5)11-12-22-17-26(29)25(28)16-20(22)4/h11-12,18-19,23-26,28-29H,4,6-10,13-17H2,1-3,5H3/b21-11+,22-12-/t19-,23-,24+,25+,26-,27-/m1/s1. The Bertz CT molecular complexity index is 643. The number of fused-ring (bicyclic) bond motifs is 1. The molecule has 29 heavy (non-hydrogen) atoms. The molecule has 0 heterocycles. The van der Waals surface area contributed by atoms with Gasteiger partial charge in [0.2, 0.25) is 0 Å². The second kappa shape index (κ2) is 9.52. The lowest BCUT2D eigenvalue weighted by Gasteiger charge is -2.44. The van der Waals surface area contributed by atoms with Crippen molar-refractivity contribution in [2.24, 2.45) is 29.1 Å². The van der Waals surface area contributed by atoms with Gasteiger partial charge in [-0.2, -0.15) is 0 Å². The van der Waals surface area contributed by atoms with Crippen LogP contribution >= 0.6 is 0 Å². The first-order chi connectivity index (χ1) is 13.7. The third-order valence-corrected chi connectivity index (χ3v) is 8.45. The molecule has 0 aromatic heterocycles. The lowest BCUT2D eigenvalue weighted by Crippen LogP contribution is -2.36. The highest BCUT2D eigenvalue weighted by Gasteiger charge is 2.50. The quantitative estimate of drug-likeness (QED) is 0.528. The maximum Gasteiger partial charge on any atom is 0.0842 e. The second-order valence-electron chi connectivity index (χ2n) is 11.0. The maximum atomic E-state index is 10.0. The van der Waals surface area contributed by atoms with Gasteiger partial charge in [0, 0.05) is 12.8 Å². The molecule has 0 aliphatic heterocycles. The van der Waals surface area contributed by atoms with E-state index in [1.807, 2.05) is 0 Å². The first kappa shape index (κ1) is 22.8. The van der Waals surface area contributed by atoms with Crippen LogP contribution in [0.15, 0.2) is 35.5 Å². The van der Waals surface area contributed by atoms with Crippen LogP contribution in [0, 0.1) is 29.1 Å². The van der Waals surface area contributed by atoms with Crippen molar-refractivity contribution in [3.8, 4) is 0 Å². The first-order valence-corrected chi connectivity index (χ1v) is 12.2. The van der Waals surface area contributed by atoms with E-state index in [-0.39, 0.29) is 0 Å². The zero-order chi connectivity index (χ0) is 21.2. The molecule has 164 valence electrons. The van der Waals surface area contributed by atoms with E-state index in [4.69, 9.17) is 0 Å². The number of allylic oxidation sites excluding steroid dienone is 3. The fraction of sp³-hybridized carbons (Fsp3) is 0.778. The molecule has 0 unspecified atom stereocenters. The highest BCUT2D eigenvalue weighted by Crippen LogP contribution is 2.59. The molecule has 2 heteroatoms. The van der Waals surface area contributed by atoms with Crippen LogP contribution in [0.25, 0.3) is 0 Å². The second-order valence-corrected chi connectivity index (χ2v) is 11.0. The highest BCUT2D eigenvalue weighted by atomic mass is 16.3. The van der Waals surface area contributed by atoms with Gasteiger partial charge in [0.05, 0.1) is 12.2 Å². The summed E-state index contributed by atoms with van der Waals surface area (Å²) in [6, 6.07) is 0. The number of hydrogen-bond acceptors (Lipinski definition) is 2. The minimum absolute atomic E-state index is 0.457. The van der Waals surface area contributed by atoms with E-state index < -0.39 is 12.2 Å². The molecule has 6 atom stereocenters. The zero-order valence-electron chi connectivity index (χ0n) is 19.3. The summed E-state index contributed by atoms with van der Waals surface area (Å²) in [6.45, 7) is 13.9. The fourth-order valence-corrected chi connectivity index (χ4v) is 6.68. The third kappa shape index (κ3) is 5.07. The molecule has 0 aromatic carbocycles. The van der Waals surface area contributed by atoms with E-state index in [0.717, 1.165) is 34.8 Å². The molecular weight excluding hydrogens is 356 g/mol.